The van der Waals surface area contributed by atoms with Gasteiger partial charge in [-0.15, -0.1) is 0 Å². The lowest BCUT2D eigenvalue weighted by atomic mass is 9.99. The van der Waals surface area contributed by atoms with Crippen molar-refractivity contribution in [2.45, 2.75) is 92.1 Å². The van der Waals surface area contributed by atoms with E-state index < -0.39 is 170 Å². The lowest BCUT2D eigenvalue weighted by Crippen LogP contribution is -2.60. The quantitative estimate of drug-likeness (QED) is 0.0235. The first kappa shape index (κ1) is 62.8. The van der Waals surface area contributed by atoms with Gasteiger partial charge >= 0.3 is 11.9 Å². The van der Waals surface area contributed by atoms with Crippen molar-refractivity contribution in [1.29, 1.82) is 0 Å². The summed E-state index contributed by atoms with van der Waals surface area (Å²) in [6.45, 7) is -2.38. The van der Waals surface area contributed by atoms with E-state index in [2.05, 4.69) is 0 Å². The minimum Gasteiger partial charge on any atom is -0.504 e. The predicted octanol–water partition coefficient (Wildman–Crippen LogP) is -1.67. The number of aliphatic hydroxyl groups is 10. The molecule has 1 aliphatic carbocycles. The average molecular weight is 1200 g/mol. The van der Waals surface area contributed by atoms with E-state index in [4.69, 9.17) is 61.3 Å². The van der Waals surface area contributed by atoms with Crippen molar-refractivity contribution in [3.63, 3.8) is 0 Å². The van der Waals surface area contributed by atoms with Crippen molar-refractivity contribution < 1.29 is 142 Å². The van der Waals surface area contributed by atoms with Gasteiger partial charge in [0.05, 0.1) is 40.6 Å². The number of methoxy groups -OCH3 is 4. The number of carbonyl (C=O) groups is 2. The average Bonchev–Trinajstić information content (AvgIpc) is 1.31. The van der Waals surface area contributed by atoms with Crippen LogP contribution < -0.4 is 38.6 Å². The Bertz CT molecular complexity index is 3220. The van der Waals surface area contributed by atoms with Crippen LogP contribution in [0.2, 0.25) is 0 Å². The molecule has 3 saturated heterocycles. The Hall–Kier alpha value is -8.21. The van der Waals surface area contributed by atoms with E-state index in [1.807, 2.05) is 0 Å². The normalized spacial score (nSPS) is 27.8. The van der Waals surface area contributed by atoms with Crippen LogP contribution in [0.1, 0.15) is 11.1 Å². The number of phenolic OH excluding ortho intramolecular Hbond substituents is 4. The molecule has 0 spiro atoms. The number of aromatic hydroxyl groups is 4. The highest BCUT2D eigenvalue weighted by Crippen LogP contribution is 2.46. The van der Waals surface area contributed by atoms with Crippen molar-refractivity contribution in [2.24, 2.45) is 0 Å². The number of hydrogen-bond acceptors (Lipinski definition) is 30. The third-order valence-electron chi connectivity index (χ3n) is 13.6. The number of ether oxygens (including phenoxy) is 12. The van der Waals surface area contributed by atoms with E-state index in [1.165, 1.54) is 64.9 Å². The molecule has 3 aromatic carbocycles. The highest BCUT2D eigenvalue weighted by molar-refractivity contribution is 5.88. The second-order valence-electron chi connectivity index (χ2n) is 19.2. The maximum Gasteiger partial charge on any atom is 0.330 e. The zero-order valence-electron chi connectivity index (χ0n) is 45.1. The number of rotatable bonds is 20. The fourth-order valence-corrected chi connectivity index (χ4v) is 8.96. The molecule has 30 heteroatoms. The van der Waals surface area contributed by atoms with Gasteiger partial charge in [0.2, 0.25) is 36.1 Å². The van der Waals surface area contributed by atoms with Gasteiger partial charge in [-0.3, -0.25) is 4.79 Å². The number of aliphatic hydroxyl groups excluding tert-OH is 10. The molecule has 0 amide bonds. The Balaban J connectivity index is 1.06. The van der Waals surface area contributed by atoms with Gasteiger partial charge in [-0.05, 0) is 65.7 Å². The largest absolute Gasteiger partial charge is 0.504 e. The Morgan fingerprint density at radius 3 is 1.35 bits per heavy atom. The van der Waals surface area contributed by atoms with Crippen molar-refractivity contribution in [3.8, 4) is 85.9 Å². The van der Waals surface area contributed by atoms with Gasteiger partial charge in [0.25, 0.3) is 0 Å². The molecule has 5 aliphatic rings. The maximum absolute atomic E-state index is 13.9. The number of esters is 2. The third-order valence-corrected chi connectivity index (χ3v) is 13.6. The SMILES string of the molecule is COc1cc(C=CC(=O)OC[C@@H]2O[C@@H](Oc3cc4oc(-c5cc(O)c(O)c(O[C@@H]6O[C@H](COC(=O)C=Cc7cc(OC)c(O)c(OC)c7)[C@@H](O)[C@H](O)[C@H]6O)c5)c(O[C@@H]5O[C@H](CO)[C@@H](O)[C@H](O)[C@H]5O)cc-4c(=O)c3)[C@@H](O)[C@@H](O)[C@@H]2O)cc(OC)c1O. The van der Waals surface area contributed by atoms with Crippen molar-refractivity contribution in [1.82, 2.24) is 0 Å². The lowest BCUT2D eigenvalue weighted by Gasteiger charge is -2.40. The van der Waals surface area contributed by atoms with Gasteiger partial charge < -0.3 is 133 Å². The van der Waals surface area contributed by atoms with Crippen molar-refractivity contribution in [3.05, 3.63) is 88.1 Å². The first-order valence-corrected chi connectivity index (χ1v) is 25.5. The zero-order valence-corrected chi connectivity index (χ0v) is 45.1. The first-order valence-electron chi connectivity index (χ1n) is 25.5. The summed E-state index contributed by atoms with van der Waals surface area (Å²) in [4.78, 5) is 39.5. The van der Waals surface area contributed by atoms with Crippen LogP contribution >= 0.6 is 0 Å². The Labute approximate surface area is 479 Å². The molecule has 14 N–H and O–H groups in total. The summed E-state index contributed by atoms with van der Waals surface area (Å²) in [7, 11) is 5.20. The van der Waals surface area contributed by atoms with Crippen LogP contribution in [0.15, 0.2) is 76.0 Å². The molecular weight excluding hydrogens is 1140 g/mol. The van der Waals surface area contributed by atoms with Crippen LogP contribution in [0.25, 0.3) is 34.8 Å². The number of hydrogen-bond donors (Lipinski definition) is 14. The van der Waals surface area contributed by atoms with Crippen molar-refractivity contribution >= 4 is 24.1 Å². The van der Waals surface area contributed by atoms with E-state index in [0.29, 0.717) is 11.1 Å². The lowest BCUT2D eigenvalue weighted by molar-refractivity contribution is -0.278. The molecule has 4 heterocycles. The molecule has 3 fully saturated rings. The Morgan fingerprint density at radius 1 is 0.482 bits per heavy atom. The summed E-state index contributed by atoms with van der Waals surface area (Å²) >= 11 is 0. The van der Waals surface area contributed by atoms with Crippen LogP contribution in [0.3, 0.4) is 0 Å². The summed E-state index contributed by atoms with van der Waals surface area (Å²) in [5, 5.41) is 150. The molecule has 0 saturated carbocycles. The smallest absolute Gasteiger partial charge is 0.330 e. The monoisotopic (exact) mass is 1200 g/mol. The molecule has 0 aromatic heterocycles. The standard InChI is InChI=1S/C55H60O30/c1-73-29-9-21(10-30(74-2)41(29)62)5-7-38(59)77-19-36-44(65)47(68)49(70)53(84-36)79-24-15-26(57)25-17-34(82-55-50(71)46(67)43(64)35(18-56)83-55)52(80-28(25)16-24)23-13-27(58)40(61)33(14-23)81-54-51(72)48(69)45(66)37(85-54)20-78-39(60)8-6-22-11-31(75-3)42(63)32(12-22)76-4/h5-17,35-37,43-51,53-56,58,61-72H,18-20H2,1-4H3/t35-,36+,37-,43-,44-,45-,46+,47+,48+,49+,50-,51-,53-,54-,55-/m1/s1. The molecule has 0 radical (unpaired) electrons. The molecule has 8 rings (SSSR count). The Kier molecular flexibility index (Phi) is 19.8. The molecule has 85 heavy (non-hydrogen) atoms. The molecular formula is C55H60O30. The third kappa shape index (κ3) is 13.7. The minimum absolute atomic E-state index is 0.0272. The number of phenols is 4. The molecule has 0 bridgehead atoms. The molecule has 3 aromatic rings. The summed E-state index contributed by atoms with van der Waals surface area (Å²) < 4.78 is 71.5. The molecule has 4 aliphatic heterocycles. The predicted molar refractivity (Wildman–Crippen MR) is 282 cm³/mol. The van der Waals surface area contributed by atoms with Gasteiger partial charge in [-0.2, -0.15) is 0 Å². The van der Waals surface area contributed by atoms with Crippen LogP contribution in [0.4, 0.5) is 0 Å². The number of carbonyl (C=O) groups excluding carboxylic acids is 2. The number of benzene rings is 4. The Morgan fingerprint density at radius 2 is 0.906 bits per heavy atom. The van der Waals surface area contributed by atoms with E-state index in [-0.39, 0.29) is 45.6 Å². The van der Waals surface area contributed by atoms with E-state index >= 15 is 0 Å². The summed E-state index contributed by atoms with van der Waals surface area (Å²) in [6.07, 6.45) is -23.8. The topological polar surface area (TPSA) is 458 Å². The van der Waals surface area contributed by atoms with Gasteiger partial charge in [-0.25, -0.2) is 9.59 Å². The molecule has 30 nitrogen and oxygen atoms in total. The molecule has 15 atom stereocenters. The van der Waals surface area contributed by atoms with Crippen LogP contribution in [-0.2, 0) is 33.3 Å². The summed E-state index contributed by atoms with van der Waals surface area (Å²) in [5.74, 6) is -7.04. The van der Waals surface area contributed by atoms with Crippen LogP contribution in [0, 0.1) is 0 Å². The second kappa shape index (κ2) is 26.8. The first-order chi connectivity index (χ1) is 40.5. The summed E-state index contributed by atoms with van der Waals surface area (Å²) in [6, 6.07) is 10.3. The molecule has 0 unspecified atom stereocenters. The van der Waals surface area contributed by atoms with E-state index in [1.54, 1.807) is 0 Å². The zero-order chi connectivity index (χ0) is 61.7. The van der Waals surface area contributed by atoms with Crippen LogP contribution in [0.5, 0.6) is 63.2 Å². The highest BCUT2D eigenvalue weighted by atomic mass is 16.7. The van der Waals surface area contributed by atoms with Gasteiger partial charge in [0, 0.05) is 29.8 Å². The van der Waals surface area contributed by atoms with E-state index in [0.717, 1.165) is 42.5 Å². The van der Waals surface area contributed by atoms with Gasteiger partial charge in [0.15, 0.2) is 51.4 Å². The molecule has 460 valence electrons. The maximum atomic E-state index is 13.9. The van der Waals surface area contributed by atoms with Crippen LogP contribution in [-0.4, -0.2) is 224 Å². The van der Waals surface area contributed by atoms with Gasteiger partial charge in [-0.1, -0.05) is 0 Å². The fraction of sp³-hybridized carbons (Fsp3) is 0.400. The minimum atomic E-state index is -2.10. The summed E-state index contributed by atoms with van der Waals surface area (Å²) in [5.41, 5.74) is -0.896. The van der Waals surface area contributed by atoms with Crippen molar-refractivity contribution in [2.75, 3.05) is 48.3 Å². The highest BCUT2D eigenvalue weighted by Gasteiger charge is 2.48. The fourth-order valence-electron chi connectivity index (χ4n) is 8.96. The number of fused-ring (bicyclic) bond motifs is 1. The second-order valence-corrected chi connectivity index (χ2v) is 19.2. The van der Waals surface area contributed by atoms with Gasteiger partial charge in [0.1, 0.15) is 98.0 Å². The van der Waals surface area contributed by atoms with E-state index in [9.17, 15) is 85.9 Å².